The van der Waals surface area contributed by atoms with Crippen LogP contribution >= 0.6 is 27.7 Å². The molecule has 2 aromatic carbocycles. The number of halogens is 1. The van der Waals surface area contributed by atoms with Crippen LogP contribution in [0.4, 0.5) is 11.4 Å². The van der Waals surface area contributed by atoms with E-state index >= 15 is 0 Å². The highest BCUT2D eigenvalue weighted by Gasteiger charge is 2.21. The van der Waals surface area contributed by atoms with Crippen LogP contribution in [-0.4, -0.2) is 31.0 Å². The van der Waals surface area contributed by atoms with Crippen LogP contribution in [0.3, 0.4) is 0 Å². The number of nitrogens with one attached hydrogen (secondary N) is 1. The van der Waals surface area contributed by atoms with Gasteiger partial charge in [-0.15, -0.1) is 10.2 Å². The minimum absolute atomic E-state index is 0.0451. The van der Waals surface area contributed by atoms with E-state index in [-0.39, 0.29) is 11.6 Å². The second kappa shape index (κ2) is 8.40. The quantitative estimate of drug-likeness (QED) is 0.248. The first kappa shape index (κ1) is 19.8. The largest absolute Gasteiger partial charge is 0.335 e. The molecule has 0 aliphatic carbocycles. The van der Waals surface area contributed by atoms with Crippen molar-refractivity contribution >= 4 is 45.0 Å². The number of nitrogens with two attached hydrogens (primary N) is 1. The van der Waals surface area contributed by atoms with Gasteiger partial charge >= 0.3 is 0 Å². The van der Waals surface area contributed by atoms with Crippen LogP contribution in [0.15, 0.2) is 58.2 Å². The maximum atomic E-state index is 12.4. The van der Waals surface area contributed by atoms with Crippen molar-refractivity contribution < 1.29 is 9.72 Å². The lowest BCUT2D eigenvalue weighted by atomic mass is 10.2. The van der Waals surface area contributed by atoms with Gasteiger partial charge in [-0.3, -0.25) is 14.9 Å². The molecule has 0 bridgehead atoms. The Balaban J connectivity index is 1.69. The van der Waals surface area contributed by atoms with Crippen LogP contribution in [0.5, 0.6) is 0 Å². The molecule has 28 heavy (non-hydrogen) atoms. The second-order valence-electron chi connectivity index (χ2n) is 5.71. The molecular formula is C17H15BrN6O3S. The molecule has 1 atom stereocenters. The SMILES string of the molecule is CC(Sc1nnc(-c2ccccc2Br)n1N)C(=O)Nc1ccc([N+](=O)[O-])cc1. The Morgan fingerprint density at radius 2 is 1.93 bits per heavy atom. The molecule has 3 rings (SSSR count). The minimum Gasteiger partial charge on any atom is -0.335 e. The van der Waals surface area contributed by atoms with E-state index < -0.39 is 10.2 Å². The molecular weight excluding hydrogens is 448 g/mol. The molecule has 9 nitrogen and oxygen atoms in total. The number of thioether (sulfide) groups is 1. The van der Waals surface area contributed by atoms with E-state index in [1.165, 1.54) is 28.9 Å². The van der Waals surface area contributed by atoms with Crippen LogP contribution < -0.4 is 11.2 Å². The Morgan fingerprint density at radius 1 is 1.25 bits per heavy atom. The smallest absolute Gasteiger partial charge is 0.269 e. The highest BCUT2D eigenvalue weighted by molar-refractivity contribution is 9.10. The van der Waals surface area contributed by atoms with Crippen molar-refractivity contribution in [3.05, 3.63) is 63.1 Å². The summed E-state index contributed by atoms with van der Waals surface area (Å²) in [5.41, 5.74) is 1.20. The number of benzene rings is 2. The highest BCUT2D eigenvalue weighted by atomic mass is 79.9. The van der Waals surface area contributed by atoms with E-state index in [0.29, 0.717) is 16.7 Å². The van der Waals surface area contributed by atoms with Crippen molar-refractivity contribution in [2.45, 2.75) is 17.3 Å². The predicted octanol–water partition coefficient (Wildman–Crippen LogP) is 3.45. The van der Waals surface area contributed by atoms with E-state index in [4.69, 9.17) is 5.84 Å². The zero-order chi connectivity index (χ0) is 20.3. The number of rotatable bonds is 6. The summed E-state index contributed by atoms with van der Waals surface area (Å²) >= 11 is 4.61. The van der Waals surface area contributed by atoms with E-state index in [0.717, 1.165) is 21.8 Å². The molecule has 1 unspecified atom stereocenters. The first-order valence-corrected chi connectivity index (χ1v) is 9.71. The lowest BCUT2D eigenvalue weighted by Gasteiger charge is -2.11. The summed E-state index contributed by atoms with van der Waals surface area (Å²) in [5, 5.41) is 21.4. The molecule has 0 aliphatic rings. The Hall–Kier alpha value is -2.92. The van der Waals surface area contributed by atoms with Gasteiger partial charge in [0.05, 0.1) is 10.2 Å². The Morgan fingerprint density at radius 3 is 2.57 bits per heavy atom. The number of amides is 1. The highest BCUT2D eigenvalue weighted by Crippen LogP contribution is 2.29. The number of aromatic nitrogens is 3. The predicted molar refractivity (Wildman–Crippen MR) is 110 cm³/mol. The Labute approximate surface area is 172 Å². The summed E-state index contributed by atoms with van der Waals surface area (Å²) in [4.78, 5) is 22.6. The standard InChI is InChI=1S/C17H15BrN6O3S/c1-10(16(25)20-11-6-8-12(9-7-11)24(26)27)28-17-22-21-15(23(17)19)13-4-2-3-5-14(13)18/h2-10H,19H2,1H3,(H,20,25). The van der Waals surface area contributed by atoms with E-state index in [9.17, 15) is 14.9 Å². The number of nitro groups is 1. The van der Waals surface area contributed by atoms with Crippen LogP contribution in [0.2, 0.25) is 0 Å². The van der Waals surface area contributed by atoms with Gasteiger partial charge in [-0.25, -0.2) is 4.68 Å². The van der Waals surface area contributed by atoms with Crippen LogP contribution in [0.1, 0.15) is 6.92 Å². The molecule has 0 aliphatic heterocycles. The summed E-state index contributed by atoms with van der Waals surface area (Å²) in [5.74, 6) is 6.29. The van der Waals surface area contributed by atoms with Crippen molar-refractivity contribution in [3.8, 4) is 11.4 Å². The summed E-state index contributed by atoms with van der Waals surface area (Å²) in [6, 6.07) is 13.1. The van der Waals surface area contributed by atoms with Crippen LogP contribution in [-0.2, 0) is 4.79 Å². The van der Waals surface area contributed by atoms with Gasteiger partial charge in [0.1, 0.15) is 0 Å². The lowest BCUT2D eigenvalue weighted by molar-refractivity contribution is -0.384. The van der Waals surface area contributed by atoms with Gasteiger partial charge in [-0.05, 0) is 31.2 Å². The van der Waals surface area contributed by atoms with Gasteiger partial charge < -0.3 is 11.2 Å². The second-order valence-corrected chi connectivity index (χ2v) is 7.87. The average Bonchev–Trinajstić information content (AvgIpc) is 3.03. The number of non-ortho nitro benzene ring substituents is 1. The van der Waals surface area contributed by atoms with Crippen molar-refractivity contribution in [1.82, 2.24) is 14.9 Å². The molecule has 3 aromatic rings. The molecule has 1 aromatic heterocycles. The number of nitrogens with zero attached hydrogens (tertiary/aromatic N) is 4. The third-order valence-corrected chi connectivity index (χ3v) is 5.52. The van der Waals surface area contributed by atoms with Crippen molar-refractivity contribution in [3.63, 3.8) is 0 Å². The van der Waals surface area contributed by atoms with Crippen LogP contribution in [0.25, 0.3) is 11.4 Å². The Kier molecular flexibility index (Phi) is 5.95. The maximum Gasteiger partial charge on any atom is 0.269 e. The number of carbonyl (C=O) groups is 1. The van der Waals surface area contributed by atoms with Gasteiger partial charge in [0.25, 0.3) is 5.69 Å². The van der Waals surface area contributed by atoms with Gasteiger partial charge in [0.15, 0.2) is 5.82 Å². The molecule has 0 saturated heterocycles. The van der Waals surface area contributed by atoms with E-state index in [1.807, 2.05) is 24.3 Å². The number of hydrogen-bond acceptors (Lipinski definition) is 7. The molecule has 0 radical (unpaired) electrons. The zero-order valence-electron chi connectivity index (χ0n) is 14.6. The van der Waals surface area contributed by atoms with Gasteiger partial charge in [0, 0.05) is 27.9 Å². The van der Waals surface area contributed by atoms with Gasteiger partial charge in [-0.2, -0.15) is 0 Å². The number of carbonyl (C=O) groups excluding carboxylic acids is 1. The molecule has 0 saturated carbocycles. The van der Waals surface area contributed by atoms with Gasteiger partial charge in [-0.1, -0.05) is 39.8 Å². The molecule has 0 fully saturated rings. The first-order chi connectivity index (χ1) is 13.4. The molecule has 1 amide bonds. The van der Waals surface area contributed by atoms with E-state index in [1.54, 1.807) is 6.92 Å². The molecule has 11 heteroatoms. The number of hydrogen-bond donors (Lipinski definition) is 2. The number of anilines is 1. The number of nitrogen functional groups attached to an aromatic ring is 1. The summed E-state index contributed by atoms with van der Waals surface area (Å²) < 4.78 is 2.16. The average molecular weight is 463 g/mol. The number of nitro benzene ring substituents is 1. The fraction of sp³-hybridized carbons (Fsp3) is 0.118. The molecule has 0 spiro atoms. The summed E-state index contributed by atoms with van der Waals surface area (Å²) in [6.07, 6.45) is 0. The van der Waals surface area contributed by atoms with E-state index in [2.05, 4.69) is 31.4 Å². The Bertz CT molecular complexity index is 1020. The first-order valence-electron chi connectivity index (χ1n) is 8.04. The topological polar surface area (TPSA) is 129 Å². The minimum atomic E-state index is -0.520. The van der Waals surface area contributed by atoms with Crippen LogP contribution in [0, 0.1) is 10.1 Å². The summed E-state index contributed by atoms with van der Waals surface area (Å²) in [7, 11) is 0. The third-order valence-electron chi connectivity index (χ3n) is 3.78. The van der Waals surface area contributed by atoms with Crippen molar-refractivity contribution in [2.24, 2.45) is 0 Å². The molecule has 144 valence electrons. The zero-order valence-corrected chi connectivity index (χ0v) is 17.0. The third kappa shape index (κ3) is 4.31. The fourth-order valence-corrected chi connectivity index (χ4v) is 3.54. The van der Waals surface area contributed by atoms with Gasteiger partial charge in [0.2, 0.25) is 11.1 Å². The van der Waals surface area contributed by atoms with Crippen molar-refractivity contribution in [2.75, 3.05) is 11.2 Å². The molecule has 1 heterocycles. The lowest BCUT2D eigenvalue weighted by Crippen LogP contribution is -2.23. The van der Waals surface area contributed by atoms with Crippen molar-refractivity contribution in [1.29, 1.82) is 0 Å². The monoisotopic (exact) mass is 462 g/mol. The maximum absolute atomic E-state index is 12.4. The molecule has 3 N–H and O–H groups in total. The normalized spacial score (nSPS) is 11.8. The summed E-state index contributed by atoms with van der Waals surface area (Å²) in [6.45, 7) is 1.71. The fourth-order valence-electron chi connectivity index (χ4n) is 2.31.